The van der Waals surface area contributed by atoms with Gasteiger partial charge in [-0.2, -0.15) is 0 Å². The Balaban J connectivity index is 1.96. The van der Waals surface area contributed by atoms with E-state index >= 15 is 0 Å². The van der Waals surface area contributed by atoms with Crippen LogP contribution in [0.4, 0.5) is 0 Å². The first kappa shape index (κ1) is 33.7. The highest BCUT2D eigenvalue weighted by molar-refractivity contribution is 5.92. The second-order valence-electron chi connectivity index (χ2n) is 11.1. The van der Waals surface area contributed by atoms with Crippen LogP contribution in [0.25, 0.3) is 6.08 Å². The number of nitrogens with one attached hydrogen (secondary N) is 4. The number of rotatable bonds is 14. The van der Waals surface area contributed by atoms with Gasteiger partial charge in [-0.3, -0.25) is 24.2 Å². The molecule has 41 heavy (non-hydrogen) atoms. The van der Waals surface area contributed by atoms with Gasteiger partial charge in [0, 0.05) is 6.54 Å². The van der Waals surface area contributed by atoms with Crippen LogP contribution >= 0.6 is 0 Å². The van der Waals surface area contributed by atoms with E-state index in [2.05, 4.69) is 34.5 Å². The molecule has 4 amide bonds. The van der Waals surface area contributed by atoms with Crippen molar-refractivity contribution < 1.29 is 24.3 Å². The number of amides is 4. The van der Waals surface area contributed by atoms with Crippen molar-refractivity contribution in [3.63, 3.8) is 0 Å². The van der Waals surface area contributed by atoms with Crippen LogP contribution in [0.1, 0.15) is 77.5 Å². The van der Waals surface area contributed by atoms with Crippen molar-refractivity contribution in [3.05, 3.63) is 54.6 Å². The van der Waals surface area contributed by atoms with E-state index in [1.54, 1.807) is 39.8 Å². The van der Waals surface area contributed by atoms with Crippen LogP contribution in [-0.4, -0.2) is 64.5 Å². The maximum absolute atomic E-state index is 13.2. The average Bonchev–Trinajstić information content (AvgIpc) is 2.97. The number of carbonyl (C=O) groups is 4. The van der Waals surface area contributed by atoms with E-state index in [-0.39, 0.29) is 23.8 Å². The predicted molar refractivity (Wildman–Crippen MR) is 160 cm³/mol. The van der Waals surface area contributed by atoms with E-state index in [9.17, 15) is 24.3 Å². The zero-order chi connectivity index (χ0) is 30.7. The van der Waals surface area contributed by atoms with Gasteiger partial charge in [0.15, 0.2) is 0 Å². The molecular formula is C31H47N5O5. The molecule has 0 spiro atoms. The van der Waals surface area contributed by atoms with Crippen LogP contribution in [0, 0.1) is 11.8 Å². The summed E-state index contributed by atoms with van der Waals surface area (Å²) in [6.45, 7) is 16.5. The summed E-state index contributed by atoms with van der Waals surface area (Å²) in [6.07, 6.45) is 4.71. The Morgan fingerprint density at radius 3 is 2.41 bits per heavy atom. The minimum absolute atomic E-state index is 0.220. The van der Waals surface area contributed by atoms with Gasteiger partial charge in [0.05, 0.1) is 18.1 Å². The lowest BCUT2D eigenvalue weighted by atomic mass is 9.97. The average molecular weight is 570 g/mol. The van der Waals surface area contributed by atoms with Crippen molar-refractivity contribution in [2.75, 3.05) is 6.54 Å². The highest BCUT2D eigenvalue weighted by Crippen LogP contribution is 2.17. The number of aliphatic hydroxyl groups excluding tert-OH is 1. The van der Waals surface area contributed by atoms with E-state index in [0.29, 0.717) is 32.2 Å². The lowest BCUT2D eigenvalue weighted by molar-refractivity contribution is -0.143. The lowest BCUT2D eigenvalue weighted by Crippen LogP contribution is -2.62. The summed E-state index contributed by atoms with van der Waals surface area (Å²) in [6, 6.07) is 5.13. The third kappa shape index (κ3) is 9.82. The van der Waals surface area contributed by atoms with Crippen molar-refractivity contribution >= 4 is 29.7 Å². The minimum atomic E-state index is -0.897. The summed E-state index contributed by atoms with van der Waals surface area (Å²) < 4.78 is 0. The van der Waals surface area contributed by atoms with Crippen molar-refractivity contribution in [3.8, 4) is 0 Å². The molecule has 1 unspecified atom stereocenters. The fourth-order valence-electron chi connectivity index (χ4n) is 4.62. The molecule has 10 heteroatoms. The Morgan fingerprint density at radius 1 is 1.07 bits per heavy atom. The Labute approximate surface area is 244 Å². The Hall–Kier alpha value is -3.50. The minimum Gasteiger partial charge on any atom is -0.392 e. The quantitative estimate of drug-likeness (QED) is 0.218. The van der Waals surface area contributed by atoms with E-state index < -0.39 is 42.0 Å². The van der Waals surface area contributed by atoms with Gasteiger partial charge in [-0.15, -0.1) is 6.58 Å². The summed E-state index contributed by atoms with van der Waals surface area (Å²) in [5.74, 6) is -2.51. The maximum atomic E-state index is 13.2. The highest BCUT2D eigenvalue weighted by atomic mass is 16.3. The summed E-state index contributed by atoms with van der Waals surface area (Å²) in [5, 5.41) is 20.1. The van der Waals surface area contributed by atoms with Crippen LogP contribution < -0.4 is 21.4 Å². The molecule has 1 heterocycles. The van der Waals surface area contributed by atoms with Gasteiger partial charge in [-0.25, -0.2) is 5.43 Å². The second kappa shape index (κ2) is 16.1. The molecule has 0 aromatic heterocycles. The molecular weight excluding hydrogens is 522 g/mol. The third-order valence-corrected chi connectivity index (χ3v) is 7.41. The first-order chi connectivity index (χ1) is 19.4. The molecule has 2 rings (SSSR count). The zero-order valence-corrected chi connectivity index (χ0v) is 25.0. The van der Waals surface area contributed by atoms with Crippen molar-refractivity contribution in [2.24, 2.45) is 11.8 Å². The van der Waals surface area contributed by atoms with E-state index in [0.717, 1.165) is 11.1 Å². The van der Waals surface area contributed by atoms with Crippen molar-refractivity contribution in [1.29, 1.82) is 0 Å². The van der Waals surface area contributed by atoms with Crippen molar-refractivity contribution in [2.45, 2.75) is 90.6 Å². The molecule has 1 fully saturated rings. The van der Waals surface area contributed by atoms with E-state index in [1.165, 1.54) is 5.01 Å². The number of allylic oxidation sites excluding steroid dienone is 1. The summed E-state index contributed by atoms with van der Waals surface area (Å²) in [5.41, 5.74) is 4.92. The molecule has 6 atom stereocenters. The number of nitrogens with zero attached hydrogens (tertiary/aromatic N) is 1. The van der Waals surface area contributed by atoms with Crippen molar-refractivity contribution in [1.82, 2.24) is 26.4 Å². The molecule has 10 nitrogen and oxygen atoms in total. The molecule has 5 N–H and O–H groups in total. The second-order valence-corrected chi connectivity index (χ2v) is 11.1. The van der Waals surface area contributed by atoms with E-state index in [4.69, 9.17) is 0 Å². The first-order valence-corrected chi connectivity index (χ1v) is 14.4. The normalized spacial score (nSPS) is 18.8. The fraction of sp³-hybridized carbons (Fsp3) is 0.548. The standard InChI is InChI=1S/C31H47N5O5/c1-8-10-16-26(37)20(5)28(38)34-27(19(3)4)30(40)33-22(7)31(41)36-17-12-15-25(35-36)29(39)32-21(6)24-14-11-13-23(9-2)18-24/h8-9,11,13-14,18-22,25-27,35,37H,1-2,10,12,15-17H2,3-7H3,(H,32,39)(H,33,40)(H,34,38)/t20-,21-,22+,25?,26-,27+/m1/s1. The molecule has 0 radical (unpaired) electrons. The molecule has 1 aliphatic rings. The van der Waals surface area contributed by atoms with Crippen LogP contribution in [0.2, 0.25) is 0 Å². The number of hydrogen-bond acceptors (Lipinski definition) is 6. The van der Waals surface area contributed by atoms with Gasteiger partial charge in [-0.05, 0) is 62.6 Å². The largest absolute Gasteiger partial charge is 0.392 e. The molecule has 1 aliphatic heterocycles. The molecule has 0 bridgehead atoms. The number of benzene rings is 1. The van der Waals surface area contributed by atoms with Gasteiger partial charge in [0.25, 0.3) is 5.91 Å². The topological polar surface area (TPSA) is 140 Å². The number of hydrogen-bond donors (Lipinski definition) is 5. The van der Waals surface area contributed by atoms with Gasteiger partial charge in [0.2, 0.25) is 17.7 Å². The number of aliphatic hydroxyl groups is 1. The van der Waals surface area contributed by atoms with Crippen LogP contribution in [0.15, 0.2) is 43.5 Å². The van der Waals surface area contributed by atoms with Gasteiger partial charge >= 0.3 is 0 Å². The highest BCUT2D eigenvalue weighted by Gasteiger charge is 2.34. The Morgan fingerprint density at radius 2 is 1.78 bits per heavy atom. The Kier molecular flexibility index (Phi) is 13.2. The van der Waals surface area contributed by atoms with Gasteiger partial charge in [0.1, 0.15) is 18.1 Å². The summed E-state index contributed by atoms with van der Waals surface area (Å²) in [4.78, 5) is 52.0. The molecule has 1 saturated heterocycles. The third-order valence-electron chi connectivity index (χ3n) is 7.41. The van der Waals surface area contributed by atoms with Gasteiger partial charge in [-0.1, -0.05) is 57.7 Å². The van der Waals surface area contributed by atoms with Gasteiger partial charge < -0.3 is 21.1 Å². The molecule has 1 aromatic rings. The van der Waals surface area contributed by atoms with E-state index in [1.807, 2.05) is 31.2 Å². The Bertz CT molecular complexity index is 1090. The smallest absolute Gasteiger partial charge is 0.258 e. The van der Waals surface area contributed by atoms with Crippen LogP contribution in [-0.2, 0) is 19.2 Å². The lowest BCUT2D eigenvalue weighted by Gasteiger charge is -2.35. The summed E-state index contributed by atoms with van der Waals surface area (Å²) in [7, 11) is 0. The number of carbonyl (C=O) groups excluding carboxylic acids is 4. The SMILES string of the molecule is C=CCC[C@@H](O)[C@@H](C)C(=O)N[C@H](C(=O)N[C@@H](C)C(=O)N1CCCC(C(=O)N[C@H](C)c2cccc(C=C)c2)N1)C(C)C. The van der Waals surface area contributed by atoms with Crippen LogP contribution in [0.5, 0.6) is 0 Å². The zero-order valence-electron chi connectivity index (χ0n) is 25.0. The summed E-state index contributed by atoms with van der Waals surface area (Å²) >= 11 is 0. The van der Waals surface area contributed by atoms with Crippen LogP contribution in [0.3, 0.4) is 0 Å². The maximum Gasteiger partial charge on any atom is 0.258 e. The molecule has 0 saturated carbocycles. The molecule has 0 aliphatic carbocycles. The molecule has 226 valence electrons. The molecule has 1 aromatic carbocycles. The number of hydrazine groups is 1. The predicted octanol–water partition coefficient (Wildman–Crippen LogP) is 2.61. The fourth-order valence-corrected chi connectivity index (χ4v) is 4.62. The monoisotopic (exact) mass is 569 g/mol. The first-order valence-electron chi connectivity index (χ1n) is 14.4.